The molecule has 0 aliphatic carbocycles. The summed E-state index contributed by atoms with van der Waals surface area (Å²) in [5.74, 6) is 0.0000724. The van der Waals surface area contributed by atoms with Gasteiger partial charge in [0.1, 0.15) is 12.2 Å². The molecule has 0 saturated heterocycles. The Morgan fingerprint density at radius 3 is 2.77 bits per heavy atom. The highest BCUT2D eigenvalue weighted by Gasteiger charge is 2.09. The fourth-order valence-electron chi connectivity index (χ4n) is 3.84. The number of rotatable bonds is 8. The molecule has 7 heteroatoms. The second kappa shape index (κ2) is 8.49. The standard InChI is InChI=1S/C23H25N5O2/c1-3-27-10-9-18-12-17(7-8-21(18)27)14-28-15-24-26-22(28)6-4-5-20-13-19(23(29)30)11-16(2)25-20/h7-13,15H,3-6,14H2,1-2H3,(H,29,30). The van der Waals surface area contributed by atoms with Crippen LogP contribution in [-0.4, -0.2) is 35.4 Å². The molecule has 30 heavy (non-hydrogen) atoms. The van der Waals surface area contributed by atoms with E-state index in [0.29, 0.717) is 6.42 Å². The van der Waals surface area contributed by atoms with Gasteiger partial charge in [-0.3, -0.25) is 4.98 Å². The second-order valence-electron chi connectivity index (χ2n) is 7.52. The summed E-state index contributed by atoms with van der Waals surface area (Å²) < 4.78 is 4.31. The summed E-state index contributed by atoms with van der Waals surface area (Å²) in [4.78, 5) is 15.7. The van der Waals surface area contributed by atoms with Gasteiger partial charge in [0.25, 0.3) is 0 Å². The Bertz CT molecular complexity index is 1190. The first-order valence-corrected chi connectivity index (χ1v) is 10.2. The van der Waals surface area contributed by atoms with Crippen molar-refractivity contribution in [3.05, 3.63) is 77.3 Å². The van der Waals surface area contributed by atoms with Crippen molar-refractivity contribution in [3.8, 4) is 0 Å². The number of aryl methyl sites for hydroxylation is 4. The van der Waals surface area contributed by atoms with E-state index in [1.54, 1.807) is 18.5 Å². The molecule has 0 spiro atoms. The van der Waals surface area contributed by atoms with Crippen molar-refractivity contribution in [2.24, 2.45) is 0 Å². The topological polar surface area (TPSA) is 85.8 Å². The number of pyridine rings is 1. The van der Waals surface area contributed by atoms with Gasteiger partial charge in [0.15, 0.2) is 0 Å². The number of hydrogen-bond donors (Lipinski definition) is 1. The Hall–Kier alpha value is -3.48. The van der Waals surface area contributed by atoms with Gasteiger partial charge in [-0.1, -0.05) is 6.07 Å². The number of aromatic carboxylic acids is 1. The molecule has 0 bridgehead atoms. The molecule has 3 heterocycles. The van der Waals surface area contributed by atoms with Crippen molar-refractivity contribution in [3.63, 3.8) is 0 Å². The fraction of sp³-hybridized carbons (Fsp3) is 0.304. The van der Waals surface area contributed by atoms with E-state index in [2.05, 4.69) is 61.7 Å². The summed E-state index contributed by atoms with van der Waals surface area (Å²) in [5.41, 5.74) is 4.26. The van der Waals surface area contributed by atoms with Crippen LogP contribution in [0.4, 0.5) is 0 Å². The number of fused-ring (bicyclic) bond motifs is 1. The lowest BCUT2D eigenvalue weighted by molar-refractivity contribution is 0.0696. The van der Waals surface area contributed by atoms with E-state index < -0.39 is 5.97 Å². The first-order valence-electron chi connectivity index (χ1n) is 10.2. The maximum atomic E-state index is 11.2. The van der Waals surface area contributed by atoms with E-state index in [1.165, 1.54) is 16.5 Å². The first-order chi connectivity index (χ1) is 14.5. The fourth-order valence-corrected chi connectivity index (χ4v) is 3.84. The van der Waals surface area contributed by atoms with Crippen LogP contribution in [0, 0.1) is 6.92 Å². The number of carboxylic acid groups (broad SMARTS) is 1. The normalized spacial score (nSPS) is 11.3. The van der Waals surface area contributed by atoms with Crippen molar-refractivity contribution in [2.45, 2.75) is 46.2 Å². The Labute approximate surface area is 175 Å². The highest BCUT2D eigenvalue weighted by Crippen LogP contribution is 2.19. The van der Waals surface area contributed by atoms with Crippen LogP contribution in [0.25, 0.3) is 10.9 Å². The number of aromatic nitrogens is 5. The van der Waals surface area contributed by atoms with Gasteiger partial charge >= 0.3 is 5.97 Å². The molecule has 1 N–H and O–H groups in total. The molecule has 3 aromatic heterocycles. The van der Waals surface area contributed by atoms with Crippen LogP contribution >= 0.6 is 0 Å². The smallest absolute Gasteiger partial charge is 0.335 e. The molecule has 0 unspecified atom stereocenters. The summed E-state index contributed by atoms with van der Waals surface area (Å²) >= 11 is 0. The Morgan fingerprint density at radius 1 is 1.10 bits per heavy atom. The zero-order chi connectivity index (χ0) is 21.1. The summed E-state index contributed by atoms with van der Waals surface area (Å²) in [5, 5.41) is 18.8. The largest absolute Gasteiger partial charge is 0.478 e. The van der Waals surface area contributed by atoms with Crippen LogP contribution in [0.5, 0.6) is 0 Å². The molecule has 0 radical (unpaired) electrons. The lowest BCUT2D eigenvalue weighted by atomic mass is 10.1. The molecule has 7 nitrogen and oxygen atoms in total. The molecular formula is C23H25N5O2. The van der Waals surface area contributed by atoms with Crippen LogP contribution in [-0.2, 0) is 25.9 Å². The zero-order valence-corrected chi connectivity index (χ0v) is 17.2. The van der Waals surface area contributed by atoms with Gasteiger partial charge in [0.2, 0.25) is 0 Å². The minimum Gasteiger partial charge on any atom is -0.478 e. The summed E-state index contributed by atoms with van der Waals surface area (Å²) in [6.45, 7) is 5.65. The van der Waals surface area contributed by atoms with E-state index in [1.807, 2.05) is 6.92 Å². The third kappa shape index (κ3) is 4.25. The lowest BCUT2D eigenvalue weighted by Gasteiger charge is -2.08. The Morgan fingerprint density at radius 2 is 1.97 bits per heavy atom. The van der Waals surface area contributed by atoms with Crippen molar-refractivity contribution in [1.29, 1.82) is 0 Å². The summed E-state index contributed by atoms with van der Waals surface area (Å²) in [6.07, 6.45) is 6.17. The predicted molar refractivity (Wildman–Crippen MR) is 115 cm³/mol. The molecule has 0 fully saturated rings. The summed E-state index contributed by atoms with van der Waals surface area (Å²) in [7, 11) is 0. The third-order valence-electron chi connectivity index (χ3n) is 5.31. The van der Waals surface area contributed by atoms with Crippen molar-refractivity contribution < 1.29 is 9.90 Å². The minimum atomic E-state index is -0.923. The van der Waals surface area contributed by atoms with E-state index in [0.717, 1.165) is 43.1 Å². The molecule has 0 saturated carbocycles. The average Bonchev–Trinajstić information content (AvgIpc) is 3.34. The van der Waals surface area contributed by atoms with E-state index in [-0.39, 0.29) is 5.56 Å². The maximum Gasteiger partial charge on any atom is 0.335 e. The Balaban J connectivity index is 1.42. The van der Waals surface area contributed by atoms with E-state index >= 15 is 0 Å². The van der Waals surface area contributed by atoms with Gasteiger partial charge in [-0.05, 0) is 68.0 Å². The first kappa shape index (κ1) is 19.8. The predicted octanol–water partition coefficient (Wildman–Crippen LogP) is 3.88. The van der Waals surface area contributed by atoms with Crippen molar-refractivity contribution >= 4 is 16.9 Å². The summed E-state index contributed by atoms with van der Waals surface area (Å²) in [6, 6.07) is 11.9. The van der Waals surface area contributed by atoms with Gasteiger partial charge < -0.3 is 14.2 Å². The number of carboxylic acids is 1. The van der Waals surface area contributed by atoms with Crippen LogP contribution < -0.4 is 0 Å². The minimum absolute atomic E-state index is 0.285. The highest BCUT2D eigenvalue weighted by atomic mass is 16.4. The molecule has 154 valence electrons. The van der Waals surface area contributed by atoms with Gasteiger partial charge in [0.05, 0.1) is 12.1 Å². The van der Waals surface area contributed by atoms with Crippen LogP contribution in [0.3, 0.4) is 0 Å². The number of nitrogens with zero attached hydrogens (tertiary/aromatic N) is 5. The number of benzene rings is 1. The molecule has 1 aromatic carbocycles. The van der Waals surface area contributed by atoms with Gasteiger partial charge in [-0.2, -0.15) is 0 Å². The van der Waals surface area contributed by atoms with Gasteiger partial charge in [0, 0.05) is 36.1 Å². The lowest BCUT2D eigenvalue weighted by Crippen LogP contribution is -2.06. The molecule has 0 amide bonds. The molecule has 4 rings (SSSR count). The molecule has 0 aliphatic heterocycles. The Kier molecular flexibility index (Phi) is 5.61. The quantitative estimate of drug-likeness (QED) is 0.483. The van der Waals surface area contributed by atoms with E-state index in [4.69, 9.17) is 0 Å². The van der Waals surface area contributed by atoms with Crippen LogP contribution in [0.15, 0.2) is 48.9 Å². The monoisotopic (exact) mass is 403 g/mol. The highest BCUT2D eigenvalue weighted by molar-refractivity contribution is 5.87. The molecule has 0 aliphatic rings. The average molecular weight is 403 g/mol. The third-order valence-corrected chi connectivity index (χ3v) is 5.31. The van der Waals surface area contributed by atoms with Gasteiger partial charge in [-0.25, -0.2) is 4.79 Å². The molecular weight excluding hydrogens is 378 g/mol. The maximum absolute atomic E-state index is 11.2. The van der Waals surface area contributed by atoms with E-state index in [9.17, 15) is 9.90 Å². The van der Waals surface area contributed by atoms with Crippen molar-refractivity contribution in [2.75, 3.05) is 0 Å². The second-order valence-corrected chi connectivity index (χ2v) is 7.52. The van der Waals surface area contributed by atoms with Crippen LogP contribution in [0.1, 0.15) is 46.5 Å². The SMILES string of the molecule is CCn1ccc2cc(Cn3cnnc3CCCc3cc(C(=O)O)cc(C)n3)ccc21. The van der Waals surface area contributed by atoms with Crippen molar-refractivity contribution in [1.82, 2.24) is 24.3 Å². The van der Waals surface area contributed by atoms with Crippen LogP contribution in [0.2, 0.25) is 0 Å². The number of hydrogen-bond acceptors (Lipinski definition) is 4. The zero-order valence-electron chi connectivity index (χ0n) is 17.2. The van der Waals surface area contributed by atoms with Gasteiger partial charge in [-0.15, -0.1) is 10.2 Å². The molecule has 0 atom stereocenters. The molecule has 4 aromatic rings. The number of carbonyl (C=O) groups is 1.